The normalized spacial score (nSPS) is 12.2. The average molecular weight is 456 g/mol. The third-order valence-corrected chi connectivity index (χ3v) is 7.15. The van der Waals surface area contributed by atoms with Crippen LogP contribution in [-0.4, -0.2) is 20.1 Å². The van der Waals surface area contributed by atoms with Crippen molar-refractivity contribution in [3.63, 3.8) is 0 Å². The number of benzene rings is 2. The number of hydrogen-bond donors (Lipinski definition) is 0. The molecule has 1 amide bonds. The molecule has 7 heteroatoms. The maximum Gasteiger partial charge on any atom is 0.270 e. The summed E-state index contributed by atoms with van der Waals surface area (Å²) in [5, 5.41) is 0.486. The molecule has 3 rings (SSSR count). The topological polar surface area (TPSA) is 84.7 Å². The molecule has 0 bridgehead atoms. The van der Waals surface area contributed by atoms with E-state index in [0.29, 0.717) is 28.7 Å². The van der Waals surface area contributed by atoms with Gasteiger partial charge in [-0.05, 0) is 61.6 Å². The highest BCUT2D eigenvalue weighted by atomic mass is 32.2. The van der Waals surface area contributed by atoms with Crippen molar-refractivity contribution in [1.29, 1.82) is 0 Å². The summed E-state index contributed by atoms with van der Waals surface area (Å²) in [6, 6.07) is 11.3. The van der Waals surface area contributed by atoms with Crippen LogP contribution in [0.4, 0.5) is 5.69 Å². The Hall–Kier alpha value is -2.93. The van der Waals surface area contributed by atoms with Gasteiger partial charge < -0.3 is 4.42 Å². The molecule has 0 aliphatic heterocycles. The van der Waals surface area contributed by atoms with Gasteiger partial charge in [-0.1, -0.05) is 39.8 Å². The fourth-order valence-corrected chi connectivity index (χ4v) is 5.18. The largest absolute Gasteiger partial charge is 0.461 e. The van der Waals surface area contributed by atoms with Gasteiger partial charge in [0.15, 0.2) is 5.78 Å². The Labute approximate surface area is 189 Å². The summed E-state index contributed by atoms with van der Waals surface area (Å²) in [6.45, 7) is 11.1. The molecule has 0 aliphatic rings. The zero-order valence-corrected chi connectivity index (χ0v) is 20.2. The highest BCUT2D eigenvalue weighted by molar-refractivity contribution is 7.93. The number of furan rings is 1. The predicted molar refractivity (Wildman–Crippen MR) is 126 cm³/mol. The Morgan fingerprint density at radius 2 is 1.66 bits per heavy atom. The first-order valence-corrected chi connectivity index (χ1v) is 12.0. The SMILES string of the molecule is CCCC(=O)N(c1ccc2oc(C)c(C(C)=O)c2c1)S(=O)(=O)c1ccc(C(C)(C)C)cc1. The first-order chi connectivity index (χ1) is 14.9. The Morgan fingerprint density at radius 1 is 1.03 bits per heavy atom. The minimum Gasteiger partial charge on any atom is -0.461 e. The van der Waals surface area contributed by atoms with Crippen LogP contribution >= 0.6 is 0 Å². The smallest absolute Gasteiger partial charge is 0.270 e. The van der Waals surface area contributed by atoms with Gasteiger partial charge in [-0.3, -0.25) is 9.59 Å². The molecule has 3 aromatic rings. The molecule has 0 N–H and O–H groups in total. The molecule has 0 unspecified atom stereocenters. The Bertz CT molecular complexity index is 1280. The molecule has 0 atom stereocenters. The van der Waals surface area contributed by atoms with E-state index in [0.717, 1.165) is 9.87 Å². The lowest BCUT2D eigenvalue weighted by molar-refractivity contribution is -0.117. The number of anilines is 1. The number of Topliss-reactive ketones (excluding diaryl/α,β-unsaturated/α-hetero) is 1. The second-order valence-electron chi connectivity index (χ2n) is 8.96. The number of aryl methyl sites for hydroxylation is 1. The molecule has 2 aromatic carbocycles. The van der Waals surface area contributed by atoms with E-state index in [9.17, 15) is 18.0 Å². The van der Waals surface area contributed by atoms with Gasteiger partial charge in [0.2, 0.25) is 5.91 Å². The van der Waals surface area contributed by atoms with E-state index in [-0.39, 0.29) is 28.2 Å². The maximum atomic E-state index is 13.6. The number of hydrogen-bond acceptors (Lipinski definition) is 5. The first kappa shape index (κ1) is 23.7. The predicted octanol–water partition coefficient (Wildman–Crippen LogP) is 5.76. The van der Waals surface area contributed by atoms with Crippen molar-refractivity contribution in [2.24, 2.45) is 0 Å². The van der Waals surface area contributed by atoms with E-state index >= 15 is 0 Å². The lowest BCUT2D eigenvalue weighted by atomic mass is 9.87. The zero-order chi connectivity index (χ0) is 23.8. The summed E-state index contributed by atoms with van der Waals surface area (Å²) in [6.07, 6.45) is 0.570. The third kappa shape index (κ3) is 4.35. The quantitative estimate of drug-likeness (QED) is 0.441. The van der Waals surface area contributed by atoms with Crippen LogP contribution in [0.5, 0.6) is 0 Å². The summed E-state index contributed by atoms with van der Waals surface area (Å²) >= 11 is 0. The second kappa shape index (κ2) is 8.54. The van der Waals surface area contributed by atoms with Crippen LogP contribution in [0, 0.1) is 6.92 Å². The van der Waals surface area contributed by atoms with Crippen molar-refractivity contribution in [3.05, 3.63) is 59.4 Å². The van der Waals surface area contributed by atoms with Crippen LogP contribution in [0.15, 0.2) is 51.8 Å². The molecule has 32 heavy (non-hydrogen) atoms. The van der Waals surface area contributed by atoms with Gasteiger partial charge >= 0.3 is 0 Å². The highest BCUT2D eigenvalue weighted by Crippen LogP contribution is 2.33. The van der Waals surface area contributed by atoms with Crippen molar-refractivity contribution in [1.82, 2.24) is 0 Å². The van der Waals surface area contributed by atoms with E-state index in [1.807, 2.05) is 27.7 Å². The summed E-state index contributed by atoms with van der Waals surface area (Å²) in [7, 11) is -4.16. The summed E-state index contributed by atoms with van der Waals surface area (Å²) in [5.74, 6) is -0.265. The maximum absolute atomic E-state index is 13.6. The molecule has 0 aliphatic carbocycles. The minimum atomic E-state index is -4.16. The number of nitrogens with zero attached hydrogens (tertiary/aromatic N) is 1. The molecule has 1 heterocycles. The summed E-state index contributed by atoms with van der Waals surface area (Å²) in [5.41, 5.74) is 1.89. The molecule has 1 aromatic heterocycles. The fraction of sp³-hybridized carbons (Fsp3) is 0.360. The summed E-state index contributed by atoms with van der Waals surface area (Å²) < 4.78 is 33.7. The van der Waals surface area contributed by atoms with Crippen molar-refractivity contribution in [2.75, 3.05) is 4.31 Å². The van der Waals surface area contributed by atoms with Crippen LogP contribution in [0.3, 0.4) is 0 Å². The van der Waals surface area contributed by atoms with E-state index < -0.39 is 15.9 Å². The molecule has 0 spiro atoms. The van der Waals surface area contributed by atoms with Gasteiger partial charge in [0.1, 0.15) is 11.3 Å². The molecule has 0 radical (unpaired) electrons. The number of carbonyl (C=O) groups excluding carboxylic acids is 2. The van der Waals surface area contributed by atoms with Crippen LogP contribution in [0.25, 0.3) is 11.0 Å². The molecular weight excluding hydrogens is 426 g/mol. The van der Waals surface area contributed by atoms with Crippen LogP contribution in [-0.2, 0) is 20.2 Å². The van der Waals surface area contributed by atoms with Gasteiger partial charge in [0.05, 0.1) is 16.1 Å². The van der Waals surface area contributed by atoms with Gasteiger partial charge in [-0.15, -0.1) is 0 Å². The van der Waals surface area contributed by atoms with Crippen LogP contribution in [0.1, 0.15) is 69.1 Å². The van der Waals surface area contributed by atoms with Gasteiger partial charge in [0, 0.05) is 11.8 Å². The van der Waals surface area contributed by atoms with E-state index in [1.54, 1.807) is 25.1 Å². The number of rotatable bonds is 6. The molecule has 0 saturated carbocycles. The molecule has 0 fully saturated rings. The number of carbonyl (C=O) groups is 2. The lowest BCUT2D eigenvalue weighted by Crippen LogP contribution is -2.36. The van der Waals surface area contributed by atoms with Gasteiger partial charge in [-0.2, -0.15) is 0 Å². The van der Waals surface area contributed by atoms with Crippen molar-refractivity contribution in [3.8, 4) is 0 Å². The zero-order valence-electron chi connectivity index (χ0n) is 19.4. The number of ketones is 1. The van der Waals surface area contributed by atoms with Gasteiger partial charge in [-0.25, -0.2) is 12.7 Å². The van der Waals surface area contributed by atoms with E-state index in [4.69, 9.17) is 4.42 Å². The fourth-order valence-electron chi connectivity index (χ4n) is 3.74. The Balaban J connectivity index is 2.18. The monoisotopic (exact) mass is 455 g/mol. The first-order valence-electron chi connectivity index (χ1n) is 10.6. The average Bonchev–Trinajstić information content (AvgIpc) is 3.03. The number of sulfonamides is 1. The minimum absolute atomic E-state index is 0.0326. The highest BCUT2D eigenvalue weighted by Gasteiger charge is 2.31. The molecule has 170 valence electrons. The van der Waals surface area contributed by atoms with Crippen molar-refractivity contribution < 1.29 is 22.4 Å². The van der Waals surface area contributed by atoms with E-state index in [2.05, 4.69) is 0 Å². The van der Waals surface area contributed by atoms with Gasteiger partial charge in [0.25, 0.3) is 10.0 Å². The van der Waals surface area contributed by atoms with Crippen LogP contribution in [0.2, 0.25) is 0 Å². The Kier molecular flexibility index (Phi) is 6.33. The lowest BCUT2D eigenvalue weighted by Gasteiger charge is -2.24. The van der Waals surface area contributed by atoms with Crippen molar-refractivity contribution >= 4 is 38.4 Å². The number of fused-ring (bicyclic) bond motifs is 1. The standard InChI is InChI=1S/C25H29NO5S/c1-7-8-23(28)26(32(29,30)20-12-9-18(10-13-20)25(4,5)6)19-11-14-22-21(15-19)24(16(2)27)17(3)31-22/h9-15H,7-8H2,1-6H3. The summed E-state index contributed by atoms with van der Waals surface area (Å²) in [4.78, 5) is 25.2. The molecule has 0 saturated heterocycles. The second-order valence-corrected chi connectivity index (χ2v) is 10.7. The molecular formula is C25H29NO5S. The van der Waals surface area contributed by atoms with E-state index in [1.165, 1.54) is 31.2 Å². The van der Waals surface area contributed by atoms with Crippen molar-refractivity contribution in [2.45, 2.75) is 64.7 Å². The molecule has 6 nitrogen and oxygen atoms in total. The Morgan fingerprint density at radius 3 is 2.19 bits per heavy atom. The third-order valence-electron chi connectivity index (χ3n) is 5.38. The van der Waals surface area contributed by atoms with Crippen LogP contribution < -0.4 is 4.31 Å². The number of amides is 1.